The van der Waals surface area contributed by atoms with Crippen molar-refractivity contribution in [1.82, 2.24) is 9.88 Å². The highest BCUT2D eigenvalue weighted by atomic mass is 15.0. The van der Waals surface area contributed by atoms with E-state index in [1.807, 2.05) is 7.05 Å². The molecule has 74 valence electrons. The average molecular weight is 180 g/mol. The van der Waals surface area contributed by atoms with E-state index in [0.29, 0.717) is 0 Å². The fourth-order valence-corrected chi connectivity index (χ4v) is 1.77. The van der Waals surface area contributed by atoms with E-state index in [1.165, 1.54) is 24.2 Å². The van der Waals surface area contributed by atoms with Crippen LogP contribution in [0.4, 0.5) is 0 Å². The molecule has 0 aromatic carbocycles. The molecule has 13 heavy (non-hydrogen) atoms. The van der Waals surface area contributed by atoms with Gasteiger partial charge in [0.1, 0.15) is 0 Å². The summed E-state index contributed by atoms with van der Waals surface area (Å²) in [5.41, 5.74) is 2.86. The van der Waals surface area contributed by atoms with Crippen LogP contribution >= 0.6 is 0 Å². The van der Waals surface area contributed by atoms with Gasteiger partial charge in [0.25, 0.3) is 0 Å². The third-order valence-electron chi connectivity index (χ3n) is 2.34. The maximum atomic E-state index is 3.19. The van der Waals surface area contributed by atoms with Gasteiger partial charge in [0.2, 0.25) is 0 Å². The second-order valence-electron chi connectivity index (χ2n) is 3.34. The van der Waals surface area contributed by atoms with Crippen molar-refractivity contribution in [2.45, 2.75) is 39.8 Å². The van der Waals surface area contributed by atoms with Crippen molar-refractivity contribution >= 4 is 0 Å². The number of nitrogens with one attached hydrogen (secondary N) is 1. The molecule has 0 atom stereocenters. The highest BCUT2D eigenvalue weighted by Crippen LogP contribution is 2.11. The van der Waals surface area contributed by atoms with Gasteiger partial charge in [-0.1, -0.05) is 13.3 Å². The maximum Gasteiger partial charge on any atom is 0.0357 e. The number of hydrogen-bond donors (Lipinski definition) is 1. The van der Waals surface area contributed by atoms with E-state index in [0.717, 1.165) is 13.1 Å². The van der Waals surface area contributed by atoms with Crippen LogP contribution in [0.5, 0.6) is 0 Å². The molecule has 1 aromatic rings. The van der Waals surface area contributed by atoms with Crippen molar-refractivity contribution in [1.29, 1.82) is 0 Å². The first-order valence-corrected chi connectivity index (χ1v) is 5.15. The molecule has 0 radical (unpaired) electrons. The second-order valence-corrected chi connectivity index (χ2v) is 3.34. The molecular formula is C11H20N2. The largest absolute Gasteiger partial charge is 0.348 e. The van der Waals surface area contributed by atoms with Crippen LogP contribution in [0.15, 0.2) is 12.1 Å². The summed E-state index contributed by atoms with van der Waals surface area (Å²) in [5, 5.41) is 3.19. The average Bonchev–Trinajstić information content (AvgIpc) is 2.49. The van der Waals surface area contributed by atoms with E-state index in [9.17, 15) is 0 Å². The first-order valence-electron chi connectivity index (χ1n) is 5.15. The van der Waals surface area contributed by atoms with Crippen LogP contribution in [0.1, 0.15) is 31.7 Å². The lowest BCUT2D eigenvalue weighted by Gasteiger charge is -2.10. The molecule has 0 amide bonds. The number of nitrogens with zero attached hydrogens (tertiary/aromatic N) is 1. The Kier molecular flexibility index (Phi) is 4.03. The lowest BCUT2D eigenvalue weighted by molar-refractivity contribution is 0.640. The van der Waals surface area contributed by atoms with Crippen molar-refractivity contribution in [2.75, 3.05) is 7.05 Å². The highest BCUT2D eigenvalue weighted by Gasteiger charge is 2.04. The summed E-state index contributed by atoms with van der Waals surface area (Å²) in [4.78, 5) is 0. The quantitative estimate of drug-likeness (QED) is 0.735. The normalized spacial score (nSPS) is 10.7. The van der Waals surface area contributed by atoms with Crippen LogP contribution in [0.2, 0.25) is 0 Å². The summed E-state index contributed by atoms with van der Waals surface area (Å²) in [5.74, 6) is 0. The van der Waals surface area contributed by atoms with Gasteiger partial charge in [-0.3, -0.25) is 0 Å². The van der Waals surface area contributed by atoms with Crippen molar-refractivity contribution in [3.8, 4) is 0 Å². The second kappa shape index (κ2) is 5.07. The Hall–Kier alpha value is -0.760. The highest BCUT2D eigenvalue weighted by molar-refractivity contribution is 5.16. The summed E-state index contributed by atoms with van der Waals surface area (Å²) >= 11 is 0. The van der Waals surface area contributed by atoms with Crippen molar-refractivity contribution in [3.63, 3.8) is 0 Å². The summed E-state index contributed by atoms with van der Waals surface area (Å²) in [7, 11) is 1.99. The fraction of sp³-hybridized carbons (Fsp3) is 0.636. The zero-order chi connectivity index (χ0) is 9.68. The number of rotatable bonds is 5. The molecule has 1 N–H and O–H groups in total. The molecule has 2 heteroatoms. The summed E-state index contributed by atoms with van der Waals surface area (Å²) in [6.45, 7) is 6.49. The molecule has 0 bridgehead atoms. The zero-order valence-corrected chi connectivity index (χ0v) is 8.93. The minimum absolute atomic E-state index is 0.970. The van der Waals surface area contributed by atoms with Crippen molar-refractivity contribution < 1.29 is 0 Å². The Morgan fingerprint density at radius 2 is 1.92 bits per heavy atom. The van der Waals surface area contributed by atoms with Crippen LogP contribution in [0.3, 0.4) is 0 Å². The van der Waals surface area contributed by atoms with Gasteiger partial charge in [0, 0.05) is 24.5 Å². The van der Waals surface area contributed by atoms with E-state index < -0.39 is 0 Å². The number of aryl methyl sites for hydroxylation is 1. The third kappa shape index (κ3) is 2.34. The molecule has 0 aliphatic carbocycles. The first kappa shape index (κ1) is 10.3. The first-order chi connectivity index (χ1) is 6.33. The number of hydrogen-bond acceptors (Lipinski definition) is 1. The Morgan fingerprint density at radius 3 is 2.46 bits per heavy atom. The van der Waals surface area contributed by atoms with Gasteiger partial charge in [-0.2, -0.15) is 0 Å². The molecule has 0 unspecified atom stereocenters. The molecule has 0 aliphatic rings. The van der Waals surface area contributed by atoms with Gasteiger partial charge < -0.3 is 9.88 Å². The molecule has 1 aromatic heterocycles. The lowest BCUT2D eigenvalue weighted by atomic mass is 10.2. The smallest absolute Gasteiger partial charge is 0.0357 e. The molecule has 0 saturated heterocycles. The van der Waals surface area contributed by atoms with Crippen LogP contribution in [-0.4, -0.2) is 11.6 Å². The lowest BCUT2D eigenvalue weighted by Crippen LogP contribution is -2.12. The predicted molar refractivity (Wildman–Crippen MR) is 56.9 cm³/mol. The minimum Gasteiger partial charge on any atom is -0.348 e. The topological polar surface area (TPSA) is 17.0 Å². The Balaban J connectivity index is 2.82. The van der Waals surface area contributed by atoms with Crippen LogP contribution in [0, 0.1) is 0 Å². The van der Waals surface area contributed by atoms with Crippen LogP contribution in [0.25, 0.3) is 0 Å². The standard InChI is InChI=1S/C11H20N2/c1-4-6-10-7-8-11(9-12-3)13(10)5-2/h7-8,12H,4-6,9H2,1-3H3. The van der Waals surface area contributed by atoms with E-state index in [2.05, 4.69) is 35.9 Å². The van der Waals surface area contributed by atoms with Gasteiger partial charge in [-0.15, -0.1) is 0 Å². The van der Waals surface area contributed by atoms with Gasteiger partial charge in [0.05, 0.1) is 0 Å². The Bertz CT molecular complexity index is 227. The van der Waals surface area contributed by atoms with E-state index in [4.69, 9.17) is 0 Å². The molecular weight excluding hydrogens is 160 g/mol. The predicted octanol–water partition coefficient (Wildman–Crippen LogP) is 2.18. The van der Waals surface area contributed by atoms with Crippen molar-refractivity contribution in [2.24, 2.45) is 0 Å². The summed E-state index contributed by atoms with van der Waals surface area (Å²) in [6.07, 6.45) is 2.42. The minimum atomic E-state index is 0.970. The van der Waals surface area contributed by atoms with E-state index in [-0.39, 0.29) is 0 Å². The van der Waals surface area contributed by atoms with Crippen LogP contribution < -0.4 is 5.32 Å². The molecule has 0 saturated carbocycles. The number of aromatic nitrogens is 1. The van der Waals surface area contributed by atoms with Gasteiger partial charge in [-0.05, 0) is 32.5 Å². The van der Waals surface area contributed by atoms with Gasteiger partial charge >= 0.3 is 0 Å². The fourth-order valence-electron chi connectivity index (χ4n) is 1.77. The molecule has 0 spiro atoms. The Labute approximate surface area is 81.0 Å². The summed E-state index contributed by atoms with van der Waals surface area (Å²) < 4.78 is 2.40. The van der Waals surface area contributed by atoms with Gasteiger partial charge in [0.15, 0.2) is 0 Å². The van der Waals surface area contributed by atoms with Gasteiger partial charge in [-0.25, -0.2) is 0 Å². The maximum absolute atomic E-state index is 3.19. The van der Waals surface area contributed by atoms with Crippen molar-refractivity contribution in [3.05, 3.63) is 23.5 Å². The molecule has 0 aliphatic heterocycles. The van der Waals surface area contributed by atoms with E-state index in [1.54, 1.807) is 0 Å². The molecule has 1 rings (SSSR count). The SMILES string of the molecule is CCCc1ccc(CNC)n1CC. The monoisotopic (exact) mass is 180 g/mol. The Morgan fingerprint density at radius 1 is 1.23 bits per heavy atom. The summed E-state index contributed by atoms with van der Waals surface area (Å²) in [6, 6.07) is 4.48. The van der Waals surface area contributed by atoms with E-state index >= 15 is 0 Å². The molecule has 2 nitrogen and oxygen atoms in total. The third-order valence-corrected chi connectivity index (χ3v) is 2.34. The van der Waals surface area contributed by atoms with Crippen LogP contribution in [-0.2, 0) is 19.5 Å². The molecule has 0 fully saturated rings. The molecule has 1 heterocycles. The zero-order valence-electron chi connectivity index (χ0n) is 8.93.